The number of benzene rings is 2. The van der Waals surface area contributed by atoms with Crippen LogP contribution in [0.15, 0.2) is 54.6 Å². The number of hydrogen-bond acceptors (Lipinski definition) is 3. The second-order valence-corrected chi connectivity index (χ2v) is 8.33. The van der Waals surface area contributed by atoms with E-state index < -0.39 is 0 Å². The molecule has 0 aliphatic heterocycles. The van der Waals surface area contributed by atoms with Gasteiger partial charge >= 0.3 is 0 Å². The summed E-state index contributed by atoms with van der Waals surface area (Å²) in [6.07, 6.45) is 5.59. The quantitative estimate of drug-likeness (QED) is 0.629. The largest absolute Gasteiger partial charge is 0.375 e. The van der Waals surface area contributed by atoms with Crippen LogP contribution in [0.4, 0.5) is 5.13 Å². The van der Waals surface area contributed by atoms with Crippen molar-refractivity contribution in [2.75, 3.05) is 5.73 Å². The molecule has 0 saturated heterocycles. The van der Waals surface area contributed by atoms with Crippen molar-refractivity contribution in [3.63, 3.8) is 0 Å². The highest BCUT2D eigenvalue weighted by molar-refractivity contribution is 7.15. The number of nitrogens with two attached hydrogens (primary N) is 1. The van der Waals surface area contributed by atoms with Crippen LogP contribution in [-0.4, -0.2) is 4.98 Å². The lowest BCUT2D eigenvalue weighted by atomic mass is 9.75. The van der Waals surface area contributed by atoms with Crippen molar-refractivity contribution in [3.05, 3.63) is 81.3 Å². The third-order valence-electron chi connectivity index (χ3n) is 5.23. The minimum atomic E-state index is -0.0250. The van der Waals surface area contributed by atoms with Crippen LogP contribution in [0.3, 0.4) is 0 Å². The maximum atomic E-state index is 6.15. The fourth-order valence-electron chi connectivity index (χ4n) is 4.05. The van der Waals surface area contributed by atoms with Gasteiger partial charge in [0.05, 0.1) is 5.69 Å². The van der Waals surface area contributed by atoms with Crippen molar-refractivity contribution in [1.29, 1.82) is 0 Å². The topological polar surface area (TPSA) is 38.9 Å². The number of aromatic nitrogens is 1. The lowest BCUT2D eigenvalue weighted by molar-refractivity contribution is 0.518. The molecule has 4 heteroatoms. The molecular weight excluding hydrogens is 348 g/mol. The Balaban J connectivity index is 1.79. The predicted molar refractivity (Wildman–Crippen MR) is 106 cm³/mol. The van der Waals surface area contributed by atoms with E-state index in [2.05, 4.69) is 42.5 Å². The first kappa shape index (κ1) is 16.6. The average Bonchev–Trinajstić information content (AvgIpc) is 3.24. The van der Waals surface area contributed by atoms with E-state index in [4.69, 9.17) is 22.3 Å². The second-order valence-electron chi connectivity index (χ2n) is 6.78. The van der Waals surface area contributed by atoms with E-state index in [-0.39, 0.29) is 5.41 Å². The molecule has 3 aromatic rings. The van der Waals surface area contributed by atoms with E-state index in [9.17, 15) is 0 Å². The van der Waals surface area contributed by atoms with E-state index in [1.54, 1.807) is 11.3 Å². The smallest absolute Gasteiger partial charge is 0.180 e. The third kappa shape index (κ3) is 3.19. The first-order valence-electron chi connectivity index (χ1n) is 8.73. The fourth-order valence-corrected chi connectivity index (χ4v) is 5.15. The molecular formula is C21H21ClN2S. The second kappa shape index (κ2) is 6.81. The van der Waals surface area contributed by atoms with Crippen molar-refractivity contribution in [1.82, 2.24) is 4.98 Å². The molecule has 1 aromatic heterocycles. The standard InChI is InChI=1S/C21H21ClN2S/c22-17-10-8-16(9-11-17)21(12-4-5-13-21)19-18(25-20(23)24-19)14-15-6-2-1-3-7-15/h1-3,6-11H,4-5,12-14H2,(H2,23,24). The summed E-state index contributed by atoms with van der Waals surface area (Å²) in [5, 5.41) is 1.44. The summed E-state index contributed by atoms with van der Waals surface area (Å²) in [7, 11) is 0. The van der Waals surface area contributed by atoms with Crippen LogP contribution in [0.1, 0.15) is 47.4 Å². The molecule has 1 aliphatic carbocycles. The van der Waals surface area contributed by atoms with Gasteiger partial charge in [-0.25, -0.2) is 4.98 Å². The van der Waals surface area contributed by atoms with Crippen LogP contribution in [-0.2, 0) is 11.8 Å². The zero-order chi connectivity index (χ0) is 17.3. The van der Waals surface area contributed by atoms with Crippen molar-refractivity contribution in [2.45, 2.75) is 37.5 Å². The van der Waals surface area contributed by atoms with Crippen molar-refractivity contribution in [3.8, 4) is 0 Å². The van der Waals surface area contributed by atoms with E-state index in [1.807, 2.05) is 12.1 Å². The lowest BCUT2D eigenvalue weighted by Gasteiger charge is -2.29. The molecule has 1 fully saturated rings. The molecule has 1 saturated carbocycles. The number of rotatable bonds is 4. The predicted octanol–water partition coefficient (Wildman–Crippen LogP) is 5.83. The van der Waals surface area contributed by atoms with Crippen LogP contribution in [0.2, 0.25) is 5.02 Å². The Morgan fingerprint density at radius 3 is 2.36 bits per heavy atom. The van der Waals surface area contributed by atoms with Gasteiger partial charge in [-0.3, -0.25) is 0 Å². The first-order chi connectivity index (χ1) is 12.2. The zero-order valence-corrected chi connectivity index (χ0v) is 15.6. The fraction of sp³-hybridized carbons (Fsp3) is 0.286. The van der Waals surface area contributed by atoms with Gasteiger partial charge in [0.2, 0.25) is 0 Å². The SMILES string of the molecule is Nc1nc(C2(c3ccc(Cl)cc3)CCCC2)c(Cc2ccccc2)s1. The molecule has 4 rings (SSSR count). The highest BCUT2D eigenvalue weighted by Gasteiger charge is 2.41. The van der Waals surface area contributed by atoms with Gasteiger partial charge < -0.3 is 5.73 Å². The molecule has 1 heterocycles. The van der Waals surface area contributed by atoms with Crippen molar-refractivity contribution < 1.29 is 0 Å². The summed E-state index contributed by atoms with van der Waals surface area (Å²) in [6.45, 7) is 0. The van der Waals surface area contributed by atoms with Gasteiger partial charge in [0.1, 0.15) is 0 Å². The molecule has 2 nitrogen and oxygen atoms in total. The molecule has 0 spiro atoms. The van der Waals surface area contributed by atoms with Crippen molar-refractivity contribution >= 4 is 28.1 Å². The first-order valence-corrected chi connectivity index (χ1v) is 9.92. The number of nitrogen functional groups attached to an aromatic ring is 1. The molecule has 0 amide bonds. The lowest BCUT2D eigenvalue weighted by Crippen LogP contribution is -2.25. The van der Waals surface area contributed by atoms with Gasteiger partial charge in [-0.2, -0.15) is 0 Å². The molecule has 128 valence electrons. The molecule has 2 aromatic carbocycles. The maximum Gasteiger partial charge on any atom is 0.180 e. The number of nitrogens with zero attached hydrogens (tertiary/aromatic N) is 1. The Hall–Kier alpha value is -1.84. The van der Waals surface area contributed by atoms with Crippen LogP contribution in [0, 0.1) is 0 Å². The normalized spacial score (nSPS) is 16.2. The summed E-state index contributed by atoms with van der Waals surface area (Å²) >= 11 is 7.75. The summed E-state index contributed by atoms with van der Waals surface area (Å²) < 4.78 is 0. The summed E-state index contributed by atoms with van der Waals surface area (Å²) in [5.74, 6) is 0. The molecule has 25 heavy (non-hydrogen) atoms. The van der Waals surface area contributed by atoms with Gasteiger partial charge in [-0.15, -0.1) is 11.3 Å². The molecule has 2 N–H and O–H groups in total. The van der Waals surface area contributed by atoms with E-state index in [0.29, 0.717) is 5.13 Å². The number of halogens is 1. The van der Waals surface area contributed by atoms with Crippen molar-refractivity contribution in [2.24, 2.45) is 0 Å². The van der Waals surface area contributed by atoms with Gasteiger partial charge in [-0.1, -0.05) is 66.9 Å². The Kier molecular flexibility index (Phi) is 4.53. The van der Waals surface area contributed by atoms with E-state index in [1.165, 1.54) is 34.5 Å². The van der Waals surface area contributed by atoms with Gasteiger partial charge in [0.15, 0.2) is 5.13 Å². The minimum Gasteiger partial charge on any atom is -0.375 e. The van der Waals surface area contributed by atoms with E-state index in [0.717, 1.165) is 24.3 Å². The van der Waals surface area contributed by atoms with Crippen LogP contribution >= 0.6 is 22.9 Å². The Bertz CT molecular complexity index is 849. The summed E-state index contributed by atoms with van der Waals surface area (Å²) in [6, 6.07) is 18.9. The average molecular weight is 369 g/mol. The molecule has 1 aliphatic rings. The molecule has 0 radical (unpaired) electrons. The molecule has 0 bridgehead atoms. The van der Waals surface area contributed by atoms with Gasteiger partial charge in [-0.05, 0) is 36.1 Å². The maximum absolute atomic E-state index is 6.15. The summed E-state index contributed by atoms with van der Waals surface area (Å²) in [4.78, 5) is 6.12. The third-order valence-corrected chi connectivity index (χ3v) is 6.37. The van der Waals surface area contributed by atoms with Crippen LogP contribution in [0.25, 0.3) is 0 Å². The van der Waals surface area contributed by atoms with Gasteiger partial charge in [0, 0.05) is 21.7 Å². The molecule has 0 unspecified atom stereocenters. The van der Waals surface area contributed by atoms with Crippen LogP contribution in [0.5, 0.6) is 0 Å². The highest BCUT2D eigenvalue weighted by Crippen LogP contribution is 2.49. The zero-order valence-electron chi connectivity index (χ0n) is 14.0. The highest BCUT2D eigenvalue weighted by atomic mass is 35.5. The minimum absolute atomic E-state index is 0.0250. The molecule has 0 atom stereocenters. The van der Waals surface area contributed by atoms with E-state index >= 15 is 0 Å². The van der Waals surface area contributed by atoms with Gasteiger partial charge in [0.25, 0.3) is 0 Å². The number of hydrogen-bond donors (Lipinski definition) is 1. The number of thiazole rings is 1. The Labute approximate surface area is 157 Å². The Morgan fingerprint density at radius 1 is 1.00 bits per heavy atom. The Morgan fingerprint density at radius 2 is 1.68 bits per heavy atom. The number of anilines is 1. The van der Waals surface area contributed by atoms with Crippen LogP contribution < -0.4 is 5.73 Å². The monoisotopic (exact) mass is 368 g/mol. The summed E-state index contributed by atoms with van der Waals surface area (Å²) in [5.41, 5.74) is 9.92.